The molecule has 1 heterocycles. The van der Waals surface area contributed by atoms with E-state index in [2.05, 4.69) is 15.9 Å². The van der Waals surface area contributed by atoms with Gasteiger partial charge in [-0.25, -0.2) is 0 Å². The van der Waals surface area contributed by atoms with E-state index >= 15 is 0 Å². The fourth-order valence-corrected chi connectivity index (χ4v) is 2.26. The predicted octanol–water partition coefficient (Wildman–Crippen LogP) is 4.43. The summed E-state index contributed by atoms with van der Waals surface area (Å²) in [6.45, 7) is 0. The van der Waals surface area contributed by atoms with Crippen molar-refractivity contribution in [2.45, 2.75) is 4.83 Å². The number of methoxy groups -OCH3 is 1. The molecule has 1 atom stereocenters. The molecule has 84 valence electrons. The Hall–Kier alpha value is -0.930. The van der Waals surface area contributed by atoms with Crippen LogP contribution in [-0.4, -0.2) is 7.11 Å². The van der Waals surface area contributed by atoms with Gasteiger partial charge < -0.3 is 9.15 Å². The summed E-state index contributed by atoms with van der Waals surface area (Å²) in [5.41, 5.74) is 2.12. The van der Waals surface area contributed by atoms with Gasteiger partial charge in [0.15, 0.2) is 0 Å². The van der Waals surface area contributed by atoms with E-state index in [0.717, 1.165) is 11.1 Å². The molecule has 0 bridgehead atoms. The molecule has 1 unspecified atom stereocenters. The van der Waals surface area contributed by atoms with Crippen LogP contribution in [0.3, 0.4) is 0 Å². The molecular formula is C12H10BrClO2. The molecule has 0 fully saturated rings. The molecule has 1 aromatic heterocycles. The Morgan fingerprint density at radius 2 is 2.12 bits per heavy atom. The standard InChI is InChI=1S/C12H10BrClO2/c1-15-11-3-2-8(6-10(11)14)12(13)9-4-5-16-7-9/h2-7,12H,1H3. The Morgan fingerprint density at radius 1 is 1.31 bits per heavy atom. The minimum absolute atomic E-state index is 0.0784. The van der Waals surface area contributed by atoms with Crippen molar-refractivity contribution in [3.8, 4) is 5.75 Å². The lowest BCUT2D eigenvalue weighted by atomic mass is 10.1. The van der Waals surface area contributed by atoms with E-state index in [1.165, 1.54) is 0 Å². The van der Waals surface area contributed by atoms with Crippen LogP contribution < -0.4 is 4.74 Å². The van der Waals surface area contributed by atoms with Crippen LogP contribution in [0.25, 0.3) is 0 Å². The number of halogens is 2. The van der Waals surface area contributed by atoms with E-state index in [0.29, 0.717) is 10.8 Å². The Kier molecular flexibility index (Phi) is 3.56. The number of hydrogen-bond acceptors (Lipinski definition) is 2. The minimum Gasteiger partial charge on any atom is -0.495 e. The molecule has 2 rings (SSSR count). The molecule has 0 aliphatic carbocycles. The number of ether oxygens (including phenoxy) is 1. The van der Waals surface area contributed by atoms with E-state index in [-0.39, 0.29) is 4.83 Å². The highest BCUT2D eigenvalue weighted by Gasteiger charge is 2.13. The molecule has 0 spiro atoms. The first-order valence-electron chi connectivity index (χ1n) is 4.72. The van der Waals surface area contributed by atoms with Gasteiger partial charge >= 0.3 is 0 Å². The van der Waals surface area contributed by atoms with Crippen LogP contribution in [0.4, 0.5) is 0 Å². The van der Waals surface area contributed by atoms with Crippen molar-refractivity contribution in [1.29, 1.82) is 0 Å². The average molecular weight is 302 g/mol. The second-order valence-corrected chi connectivity index (χ2v) is 4.64. The Balaban J connectivity index is 2.31. The summed E-state index contributed by atoms with van der Waals surface area (Å²) in [7, 11) is 1.60. The third-order valence-electron chi connectivity index (χ3n) is 2.30. The highest BCUT2D eigenvalue weighted by atomic mass is 79.9. The molecule has 1 aromatic carbocycles. The fraction of sp³-hybridized carbons (Fsp3) is 0.167. The van der Waals surface area contributed by atoms with Gasteiger partial charge in [0.2, 0.25) is 0 Å². The third kappa shape index (κ3) is 2.25. The Labute approximate surface area is 107 Å². The maximum absolute atomic E-state index is 6.07. The number of rotatable bonds is 3. The van der Waals surface area contributed by atoms with Crippen LogP contribution in [0, 0.1) is 0 Å². The predicted molar refractivity (Wildman–Crippen MR) is 67.5 cm³/mol. The molecular weight excluding hydrogens is 291 g/mol. The van der Waals surface area contributed by atoms with Crippen molar-refractivity contribution < 1.29 is 9.15 Å². The van der Waals surface area contributed by atoms with Crippen LogP contribution in [0.1, 0.15) is 16.0 Å². The van der Waals surface area contributed by atoms with Gasteiger partial charge in [-0.05, 0) is 23.8 Å². The van der Waals surface area contributed by atoms with Gasteiger partial charge in [-0.1, -0.05) is 33.6 Å². The molecule has 0 saturated carbocycles. The monoisotopic (exact) mass is 300 g/mol. The van der Waals surface area contributed by atoms with E-state index in [4.69, 9.17) is 20.8 Å². The zero-order chi connectivity index (χ0) is 11.5. The van der Waals surface area contributed by atoms with E-state index in [9.17, 15) is 0 Å². The van der Waals surface area contributed by atoms with E-state index in [1.807, 2.05) is 24.3 Å². The number of furan rings is 1. The van der Waals surface area contributed by atoms with Gasteiger partial charge in [0, 0.05) is 5.56 Å². The number of benzene rings is 1. The molecule has 0 saturated heterocycles. The Morgan fingerprint density at radius 3 is 2.69 bits per heavy atom. The Bertz CT molecular complexity index is 468. The molecule has 16 heavy (non-hydrogen) atoms. The summed E-state index contributed by atoms with van der Waals surface area (Å²) >= 11 is 9.66. The van der Waals surface area contributed by atoms with Crippen molar-refractivity contribution in [2.75, 3.05) is 7.11 Å². The molecule has 4 heteroatoms. The third-order valence-corrected chi connectivity index (χ3v) is 3.66. The molecule has 2 aromatic rings. The smallest absolute Gasteiger partial charge is 0.137 e. The topological polar surface area (TPSA) is 22.4 Å². The largest absolute Gasteiger partial charge is 0.495 e. The summed E-state index contributed by atoms with van der Waals surface area (Å²) in [6, 6.07) is 7.62. The SMILES string of the molecule is COc1ccc(C(Br)c2ccoc2)cc1Cl. The summed E-state index contributed by atoms with van der Waals surface area (Å²) in [5, 5.41) is 0.605. The molecule has 0 amide bonds. The van der Waals surface area contributed by atoms with Gasteiger partial charge in [0.25, 0.3) is 0 Å². The number of alkyl halides is 1. The van der Waals surface area contributed by atoms with Crippen LogP contribution in [-0.2, 0) is 0 Å². The van der Waals surface area contributed by atoms with Crippen molar-refractivity contribution in [3.05, 3.63) is 52.9 Å². The molecule has 2 nitrogen and oxygen atoms in total. The summed E-state index contributed by atoms with van der Waals surface area (Å²) < 4.78 is 10.1. The van der Waals surface area contributed by atoms with Crippen LogP contribution >= 0.6 is 27.5 Å². The van der Waals surface area contributed by atoms with Gasteiger partial charge in [0.1, 0.15) is 5.75 Å². The van der Waals surface area contributed by atoms with Gasteiger partial charge in [-0.15, -0.1) is 0 Å². The highest BCUT2D eigenvalue weighted by molar-refractivity contribution is 9.09. The van der Waals surface area contributed by atoms with E-state index < -0.39 is 0 Å². The van der Waals surface area contributed by atoms with Gasteiger partial charge in [0.05, 0.1) is 29.5 Å². The average Bonchev–Trinajstić information content (AvgIpc) is 2.81. The number of hydrogen-bond donors (Lipinski definition) is 0. The first-order valence-corrected chi connectivity index (χ1v) is 6.01. The van der Waals surface area contributed by atoms with Crippen molar-refractivity contribution in [2.24, 2.45) is 0 Å². The summed E-state index contributed by atoms with van der Waals surface area (Å²) in [4.78, 5) is 0.0784. The molecule has 0 N–H and O–H groups in total. The van der Waals surface area contributed by atoms with Crippen LogP contribution in [0.5, 0.6) is 5.75 Å². The first-order chi connectivity index (χ1) is 7.72. The summed E-state index contributed by atoms with van der Waals surface area (Å²) in [5.74, 6) is 0.678. The quantitative estimate of drug-likeness (QED) is 0.783. The van der Waals surface area contributed by atoms with Gasteiger partial charge in [-0.3, -0.25) is 0 Å². The fourth-order valence-electron chi connectivity index (χ4n) is 1.45. The second kappa shape index (κ2) is 4.93. The second-order valence-electron chi connectivity index (χ2n) is 3.31. The van der Waals surface area contributed by atoms with Crippen molar-refractivity contribution in [3.63, 3.8) is 0 Å². The normalized spacial score (nSPS) is 12.4. The van der Waals surface area contributed by atoms with Gasteiger partial charge in [-0.2, -0.15) is 0 Å². The van der Waals surface area contributed by atoms with Crippen LogP contribution in [0.15, 0.2) is 41.2 Å². The zero-order valence-electron chi connectivity index (χ0n) is 8.61. The minimum atomic E-state index is 0.0784. The van der Waals surface area contributed by atoms with E-state index in [1.54, 1.807) is 19.6 Å². The van der Waals surface area contributed by atoms with Crippen LogP contribution in [0.2, 0.25) is 5.02 Å². The lowest BCUT2D eigenvalue weighted by Crippen LogP contribution is -1.92. The highest BCUT2D eigenvalue weighted by Crippen LogP contribution is 2.35. The zero-order valence-corrected chi connectivity index (χ0v) is 11.0. The van der Waals surface area contributed by atoms with Crippen molar-refractivity contribution >= 4 is 27.5 Å². The maximum Gasteiger partial charge on any atom is 0.137 e. The lowest BCUT2D eigenvalue weighted by Gasteiger charge is -2.10. The maximum atomic E-state index is 6.07. The summed E-state index contributed by atoms with van der Waals surface area (Å²) in [6.07, 6.45) is 3.35. The first kappa shape index (κ1) is 11.6. The van der Waals surface area contributed by atoms with Crippen molar-refractivity contribution in [1.82, 2.24) is 0 Å². The molecule has 0 radical (unpaired) electrons. The molecule has 0 aliphatic rings. The molecule has 0 aliphatic heterocycles. The lowest BCUT2D eigenvalue weighted by molar-refractivity contribution is 0.415.